The van der Waals surface area contributed by atoms with Crippen LogP contribution in [0, 0.1) is 5.41 Å². The standard InChI is InChI=1S/C11H13N3O5/c1-11-5(4-18-9(11)16)19-8(7(11)15)14-3-2-6(12)13-10(14)17/h2-3,5,7-8,15H,4H2,1H3,(H2,12,13,17)/t5-,7-,8-,11?/m1/s1. The number of aliphatic hydroxyl groups is 1. The van der Waals surface area contributed by atoms with Crippen LogP contribution < -0.4 is 11.4 Å². The lowest BCUT2D eigenvalue weighted by atomic mass is 9.82. The maximum Gasteiger partial charge on any atom is 0.351 e. The SMILES string of the molecule is CC12C(=O)OC[C@H]1O[C@@H](n1ccc(N)nc1=O)[C@H]2O. The van der Waals surface area contributed by atoms with Gasteiger partial charge in [-0.05, 0) is 13.0 Å². The van der Waals surface area contributed by atoms with Crippen molar-refractivity contribution in [2.75, 3.05) is 12.3 Å². The van der Waals surface area contributed by atoms with Crippen LogP contribution in [0.4, 0.5) is 5.82 Å². The van der Waals surface area contributed by atoms with Crippen molar-refractivity contribution in [3.63, 3.8) is 0 Å². The number of rotatable bonds is 1. The smallest absolute Gasteiger partial charge is 0.351 e. The quantitative estimate of drug-likeness (QED) is 0.604. The summed E-state index contributed by atoms with van der Waals surface area (Å²) in [6.07, 6.45) is -1.35. The molecule has 3 N–H and O–H groups in total. The normalized spacial score (nSPS) is 37.2. The molecule has 1 aromatic heterocycles. The maximum atomic E-state index is 11.7. The molecule has 1 unspecified atom stereocenters. The zero-order valence-electron chi connectivity index (χ0n) is 10.1. The van der Waals surface area contributed by atoms with Gasteiger partial charge >= 0.3 is 11.7 Å². The number of hydrogen-bond donors (Lipinski definition) is 2. The van der Waals surface area contributed by atoms with Crippen molar-refractivity contribution in [2.45, 2.75) is 25.4 Å². The molecule has 0 radical (unpaired) electrons. The van der Waals surface area contributed by atoms with E-state index in [1.807, 2.05) is 0 Å². The fourth-order valence-electron chi connectivity index (χ4n) is 2.48. The Balaban J connectivity index is 2.01. The topological polar surface area (TPSA) is 117 Å². The number of nitrogens with zero attached hydrogens (tertiary/aromatic N) is 2. The molecule has 0 spiro atoms. The molecule has 2 saturated heterocycles. The van der Waals surface area contributed by atoms with Crippen LogP contribution in [0.1, 0.15) is 13.2 Å². The summed E-state index contributed by atoms with van der Waals surface area (Å²) >= 11 is 0. The maximum absolute atomic E-state index is 11.7. The van der Waals surface area contributed by atoms with Crippen LogP contribution in [0.3, 0.4) is 0 Å². The number of esters is 1. The Labute approximate surface area is 107 Å². The van der Waals surface area contributed by atoms with E-state index in [1.165, 1.54) is 12.3 Å². The second-order valence-electron chi connectivity index (χ2n) is 4.88. The molecule has 102 valence electrons. The second-order valence-corrected chi connectivity index (χ2v) is 4.88. The number of cyclic esters (lactones) is 1. The summed E-state index contributed by atoms with van der Waals surface area (Å²) in [6, 6.07) is 1.42. The number of nitrogens with two attached hydrogens (primary N) is 1. The molecule has 0 amide bonds. The summed E-state index contributed by atoms with van der Waals surface area (Å²) in [5.74, 6) is -0.441. The van der Waals surface area contributed by atoms with E-state index in [1.54, 1.807) is 6.92 Å². The molecule has 0 bridgehead atoms. The van der Waals surface area contributed by atoms with Crippen molar-refractivity contribution in [1.29, 1.82) is 0 Å². The van der Waals surface area contributed by atoms with Crippen LogP contribution >= 0.6 is 0 Å². The molecule has 2 aliphatic rings. The minimum atomic E-state index is -1.18. The van der Waals surface area contributed by atoms with E-state index in [0.29, 0.717) is 0 Å². The number of ether oxygens (including phenoxy) is 2. The number of aliphatic hydroxyl groups excluding tert-OH is 1. The first-order valence-electron chi connectivity index (χ1n) is 5.80. The van der Waals surface area contributed by atoms with Crippen molar-refractivity contribution >= 4 is 11.8 Å². The predicted octanol–water partition coefficient (Wildman–Crippen LogP) is -1.35. The van der Waals surface area contributed by atoms with Gasteiger partial charge in [0.2, 0.25) is 0 Å². The average Bonchev–Trinajstić information content (AvgIpc) is 2.77. The van der Waals surface area contributed by atoms with Gasteiger partial charge < -0.3 is 20.3 Å². The summed E-state index contributed by atoms with van der Waals surface area (Å²) in [6.45, 7) is 1.63. The van der Waals surface area contributed by atoms with Crippen molar-refractivity contribution < 1.29 is 19.4 Å². The zero-order chi connectivity index (χ0) is 13.8. The molecule has 2 aliphatic heterocycles. The summed E-state index contributed by atoms with van der Waals surface area (Å²) < 4.78 is 11.6. The Morgan fingerprint density at radius 1 is 1.58 bits per heavy atom. The lowest BCUT2D eigenvalue weighted by Crippen LogP contribution is -2.42. The molecule has 3 heterocycles. The molecule has 1 aromatic rings. The van der Waals surface area contributed by atoms with E-state index < -0.39 is 35.5 Å². The third kappa shape index (κ3) is 1.50. The number of hydrogen-bond acceptors (Lipinski definition) is 7. The van der Waals surface area contributed by atoms with Crippen LogP contribution in [-0.2, 0) is 14.3 Å². The molecule has 4 atom stereocenters. The minimum Gasteiger partial charge on any atom is -0.462 e. The highest BCUT2D eigenvalue weighted by molar-refractivity contribution is 5.80. The lowest BCUT2D eigenvalue weighted by Gasteiger charge is -2.23. The first-order chi connectivity index (χ1) is 8.94. The summed E-state index contributed by atoms with van der Waals surface area (Å²) in [4.78, 5) is 27.0. The van der Waals surface area contributed by atoms with Gasteiger partial charge in [0.25, 0.3) is 0 Å². The molecule has 19 heavy (non-hydrogen) atoms. The number of aromatic nitrogens is 2. The van der Waals surface area contributed by atoms with E-state index in [2.05, 4.69) is 4.98 Å². The van der Waals surface area contributed by atoms with E-state index in [0.717, 1.165) is 4.57 Å². The highest BCUT2D eigenvalue weighted by atomic mass is 16.6. The highest BCUT2D eigenvalue weighted by Crippen LogP contribution is 2.47. The Morgan fingerprint density at radius 3 is 2.95 bits per heavy atom. The Morgan fingerprint density at radius 2 is 2.32 bits per heavy atom. The Hall–Kier alpha value is -1.93. The second kappa shape index (κ2) is 3.78. The molecule has 0 saturated carbocycles. The predicted molar refractivity (Wildman–Crippen MR) is 61.9 cm³/mol. The van der Waals surface area contributed by atoms with Gasteiger partial charge in [-0.15, -0.1) is 0 Å². The monoisotopic (exact) mass is 267 g/mol. The van der Waals surface area contributed by atoms with Gasteiger partial charge in [0.05, 0.1) is 0 Å². The molecular formula is C11H13N3O5. The summed E-state index contributed by atoms with van der Waals surface area (Å²) in [7, 11) is 0. The number of carbonyl (C=O) groups is 1. The van der Waals surface area contributed by atoms with Crippen LogP contribution in [-0.4, -0.2) is 39.4 Å². The minimum absolute atomic E-state index is 0.0695. The summed E-state index contributed by atoms with van der Waals surface area (Å²) in [5, 5.41) is 10.3. The van der Waals surface area contributed by atoms with Crippen LogP contribution in [0.2, 0.25) is 0 Å². The van der Waals surface area contributed by atoms with Gasteiger partial charge in [0, 0.05) is 6.20 Å². The number of anilines is 1. The summed E-state index contributed by atoms with van der Waals surface area (Å²) in [5.41, 5.74) is 3.60. The van der Waals surface area contributed by atoms with Crippen LogP contribution in [0.25, 0.3) is 0 Å². The molecular weight excluding hydrogens is 254 g/mol. The third-order valence-electron chi connectivity index (χ3n) is 3.79. The molecule has 2 fully saturated rings. The Bertz CT molecular complexity index is 600. The van der Waals surface area contributed by atoms with Gasteiger partial charge in [0.15, 0.2) is 6.23 Å². The number of nitrogen functional groups attached to an aromatic ring is 1. The lowest BCUT2D eigenvalue weighted by molar-refractivity contribution is -0.151. The zero-order valence-corrected chi connectivity index (χ0v) is 10.1. The number of carbonyl (C=O) groups excluding carboxylic acids is 1. The largest absolute Gasteiger partial charge is 0.462 e. The highest BCUT2D eigenvalue weighted by Gasteiger charge is 2.63. The molecule has 8 heteroatoms. The molecule has 0 aliphatic carbocycles. The van der Waals surface area contributed by atoms with Crippen LogP contribution in [0.5, 0.6) is 0 Å². The van der Waals surface area contributed by atoms with Gasteiger partial charge in [-0.25, -0.2) is 4.79 Å². The fraction of sp³-hybridized carbons (Fsp3) is 0.545. The fourth-order valence-corrected chi connectivity index (χ4v) is 2.48. The van der Waals surface area contributed by atoms with Gasteiger partial charge in [0.1, 0.15) is 30.0 Å². The molecule has 0 aromatic carbocycles. The van der Waals surface area contributed by atoms with Crippen molar-refractivity contribution in [3.8, 4) is 0 Å². The Kier molecular flexibility index (Phi) is 2.41. The average molecular weight is 267 g/mol. The van der Waals surface area contributed by atoms with Crippen molar-refractivity contribution in [3.05, 3.63) is 22.7 Å². The first kappa shape index (κ1) is 12.1. The molecule has 3 rings (SSSR count). The van der Waals surface area contributed by atoms with E-state index in [4.69, 9.17) is 15.2 Å². The van der Waals surface area contributed by atoms with Gasteiger partial charge in [-0.2, -0.15) is 4.98 Å². The van der Waals surface area contributed by atoms with E-state index in [9.17, 15) is 14.7 Å². The van der Waals surface area contributed by atoms with E-state index >= 15 is 0 Å². The van der Waals surface area contributed by atoms with Gasteiger partial charge in [-0.3, -0.25) is 9.36 Å². The van der Waals surface area contributed by atoms with Crippen LogP contribution in [0.15, 0.2) is 17.1 Å². The number of fused-ring (bicyclic) bond motifs is 1. The first-order valence-corrected chi connectivity index (χ1v) is 5.80. The molecule has 8 nitrogen and oxygen atoms in total. The van der Waals surface area contributed by atoms with Gasteiger partial charge in [-0.1, -0.05) is 0 Å². The third-order valence-corrected chi connectivity index (χ3v) is 3.79. The van der Waals surface area contributed by atoms with Crippen molar-refractivity contribution in [1.82, 2.24) is 9.55 Å². The van der Waals surface area contributed by atoms with Crippen molar-refractivity contribution in [2.24, 2.45) is 5.41 Å². The van der Waals surface area contributed by atoms with E-state index in [-0.39, 0.29) is 12.4 Å².